The second kappa shape index (κ2) is 9.20. The van der Waals surface area contributed by atoms with Gasteiger partial charge in [0.2, 0.25) is 5.88 Å². The Morgan fingerprint density at radius 1 is 1.13 bits per heavy atom. The summed E-state index contributed by atoms with van der Waals surface area (Å²) in [6, 6.07) is 5.40. The topological polar surface area (TPSA) is 81.1 Å². The molecule has 1 atom stereocenters. The summed E-state index contributed by atoms with van der Waals surface area (Å²) in [4.78, 5) is 33.3. The van der Waals surface area contributed by atoms with Crippen LogP contribution in [0.2, 0.25) is 0 Å². The number of aryl methyl sites for hydroxylation is 2. The summed E-state index contributed by atoms with van der Waals surface area (Å²) >= 11 is 0. The number of ether oxygens (including phenoxy) is 1. The molecular formula is C24H27N5O2. The molecule has 1 fully saturated rings. The molecule has 4 heterocycles. The fraction of sp³-hybridized carbons (Fsp3) is 0.375. The van der Waals surface area contributed by atoms with Crippen molar-refractivity contribution in [2.45, 2.75) is 46.1 Å². The molecule has 1 aliphatic heterocycles. The molecule has 1 saturated heterocycles. The summed E-state index contributed by atoms with van der Waals surface area (Å²) in [6.45, 7) is 6.93. The predicted octanol–water partition coefficient (Wildman–Crippen LogP) is 4.32. The van der Waals surface area contributed by atoms with Crippen LogP contribution in [0.15, 0.2) is 43.0 Å². The molecule has 0 N–H and O–H groups in total. The second-order valence-electron chi connectivity index (χ2n) is 7.71. The molecule has 160 valence electrons. The number of rotatable bonds is 5. The predicted molar refractivity (Wildman–Crippen MR) is 118 cm³/mol. The van der Waals surface area contributed by atoms with Crippen molar-refractivity contribution in [1.29, 1.82) is 0 Å². The Morgan fingerprint density at radius 2 is 2.00 bits per heavy atom. The smallest absolute Gasteiger partial charge is 0.259 e. The first-order chi connectivity index (χ1) is 15.1. The molecule has 0 spiro atoms. The van der Waals surface area contributed by atoms with Gasteiger partial charge in [-0.15, -0.1) is 0 Å². The average Bonchev–Trinajstić information content (AvgIpc) is 2.80. The monoisotopic (exact) mass is 417 g/mol. The van der Waals surface area contributed by atoms with Crippen molar-refractivity contribution in [2.24, 2.45) is 0 Å². The van der Waals surface area contributed by atoms with E-state index in [0.717, 1.165) is 41.6 Å². The quantitative estimate of drug-likeness (QED) is 0.615. The van der Waals surface area contributed by atoms with E-state index in [9.17, 15) is 4.79 Å². The summed E-state index contributed by atoms with van der Waals surface area (Å²) in [6.07, 6.45) is 9.98. The van der Waals surface area contributed by atoms with Crippen LogP contribution in [0.1, 0.15) is 59.7 Å². The van der Waals surface area contributed by atoms with E-state index in [-0.39, 0.29) is 11.9 Å². The standard InChI is InChI=1S/C24H27N5O2/c1-4-31-23-19(8-7-11-26-23)24(30)29-13-6-5-9-21(29)22-20(15-27-17(3)28-22)18-10-12-25-14-16(18)2/h7-8,10-12,14-15,21H,4-6,9,13H2,1-3H3. The zero-order valence-electron chi connectivity index (χ0n) is 18.2. The highest BCUT2D eigenvalue weighted by molar-refractivity contribution is 5.96. The summed E-state index contributed by atoms with van der Waals surface area (Å²) < 4.78 is 5.63. The Balaban J connectivity index is 1.78. The van der Waals surface area contributed by atoms with Gasteiger partial charge in [0.1, 0.15) is 11.4 Å². The number of aromatic nitrogens is 4. The lowest BCUT2D eigenvalue weighted by Crippen LogP contribution is -2.39. The molecule has 4 rings (SSSR count). The van der Waals surface area contributed by atoms with Crippen LogP contribution in [-0.2, 0) is 0 Å². The number of amides is 1. The van der Waals surface area contributed by atoms with Crippen LogP contribution in [0, 0.1) is 13.8 Å². The van der Waals surface area contributed by atoms with Crippen molar-refractivity contribution in [3.8, 4) is 17.0 Å². The summed E-state index contributed by atoms with van der Waals surface area (Å²) in [7, 11) is 0. The van der Waals surface area contributed by atoms with E-state index in [1.54, 1.807) is 24.5 Å². The molecule has 1 unspecified atom stereocenters. The third kappa shape index (κ3) is 4.26. The molecule has 7 nitrogen and oxygen atoms in total. The molecule has 1 amide bonds. The number of nitrogens with zero attached hydrogens (tertiary/aromatic N) is 5. The van der Waals surface area contributed by atoms with Gasteiger partial charge in [0, 0.05) is 36.9 Å². The minimum Gasteiger partial charge on any atom is -0.477 e. The molecule has 0 saturated carbocycles. The molecular weight excluding hydrogens is 390 g/mol. The number of hydrogen-bond acceptors (Lipinski definition) is 6. The molecule has 0 aliphatic carbocycles. The summed E-state index contributed by atoms with van der Waals surface area (Å²) in [5.74, 6) is 0.998. The average molecular weight is 418 g/mol. The number of piperidine rings is 1. The Kier molecular flexibility index (Phi) is 6.21. The first kappa shape index (κ1) is 20.9. The highest BCUT2D eigenvalue weighted by atomic mass is 16.5. The fourth-order valence-electron chi connectivity index (χ4n) is 4.14. The van der Waals surface area contributed by atoms with Crippen molar-refractivity contribution < 1.29 is 9.53 Å². The third-order valence-electron chi connectivity index (χ3n) is 5.61. The molecule has 3 aromatic rings. The summed E-state index contributed by atoms with van der Waals surface area (Å²) in [5.41, 5.74) is 4.42. The van der Waals surface area contributed by atoms with Crippen LogP contribution in [0.3, 0.4) is 0 Å². The lowest BCUT2D eigenvalue weighted by atomic mass is 9.92. The minimum atomic E-state index is -0.139. The lowest BCUT2D eigenvalue weighted by Gasteiger charge is -2.36. The first-order valence-electron chi connectivity index (χ1n) is 10.7. The van der Waals surface area contributed by atoms with Crippen molar-refractivity contribution >= 4 is 5.91 Å². The van der Waals surface area contributed by atoms with Gasteiger partial charge in [-0.05, 0) is 69.4 Å². The van der Waals surface area contributed by atoms with Crippen molar-refractivity contribution in [1.82, 2.24) is 24.8 Å². The molecule has 3 aromatic heterocycles. The van der Waals surface area contributed by atoms with Crippen LogP contribution in [0.4, 0.5) is 0 Å². The van der Waals surface area contributed by atoms with Gasteiger partial charge in [-0.1, -0.05) is 0 Å². The van der Waals surface area contributed by atoms with Crippen molar-refractivity contribution in [2.75, 3.05) is 13.2 Å². The Labute approximate surface area is 182 Å². The maximum absolute atomic E-state index is 13.6. The zero-order valence-corrected chi connectivity index (χ0v) is 18.2. The van der Waals surface area contributed by atoms with E-state index in [2.05, 4.69) is 15.0 Å². The van der Waals surface area contributed by atoms with Gasteiger partial charge in [-0.25, -0.2) is 15.0 Å². The van der Waals surface area contributed by atoms with E-state index >= 15 is 0 Å². The van der Waals surface area contributed by atoms with E-state index in [1.807, 2.05) is 44.1 Å². The van der Waals surface area contributed by atoms with E-state index in [1.165, 1.54) is 0 Å². The first-order valence-corrected chi connectivity index (χ1v) is 10.7. The van der Waals surface area contributed by atoms with Crippen LogP contribution < -0.4 is 4.74 Å². The maximum Gasteiger partial charge on any atom is 0.259 e. The van der Waals surface area contributed by atoms with Gasteiger partial charge in [-0.3, -0.25) is 9.78 Å². The SMILES string of the molecule is CCOc1ncccc1C(=O)N1CCCCC1c1nc(C)ncc1-c1ccncc1C. The van der Waals surface area contributed by atoms with Crippen LogP contribution in [0.5, 0.6) is 5.88 Å². The highest BCUT2D eigenvalue weighted by Gasteiger charge is 2.33. The minimum absolute atomic E-state index is 0.0742. The summed E-state index contributed by atoms with van der Waals surface area (Å²) in [5, 5.41) is 0. The second-order valence-corrected chi connectivity index (χ2v) is 7.71. The molecule has 1 aliphatic rings. The molecule has 7 heteroatoms. The Hall–Kier alpha value is -3.35. The van der Waals surface area contributed by atoms with E-state index < -0.39 is 0 Å². The number of pyridine rings is 2. The normalized spacial score (nSPS) is 16.2. The van der Waals surface area contributed by atoms with Crippen molar-refractivity contribution in [3.05, 3.63) is 65.6 Å². The maximum atomic E-state index is 13.6. The number of carbonyl (C=O) groups excluding carboxylic acids is 1. The number of carbonyl (C=O) groups is 1. The van der Waals surface area contributed by atoms with E-state index in [4.69, 9.17) is 9.72 Å². The number of likely N-dealkylation sites (tertiary alicyclic amines) is 1. The third-order valence-corrected chi connectivity index (χ3v) is 5.61. The number of hydrogen-bond donors (Lipinski definition) is 0. The van der Waals surface area contributed by atoms with Gasteiger partial charge >= 0.3 is 0 Å². The van der Waals surface area contributed by atoms with Gasteiger partial charge in [-0.2, -0.15) is 0 Å². The van der Waals surface area contributed by atoms with Gasteiger partial charge in [0.15, 0.2) is 0 Å². The van der Waals surface area contributed by atoms with Crippen LogP contribution in [0.25, 0.3) is 11.1 Å². The van der Waals surface area contributed by atoms with E-state index in [0.29, 0.717) is 30.4 Å². The lowest BCUT2D eigenvalue weighted by molar-refractivity contribution is 0.0601. The van der Waals surface area contributed by atoms with Crippen LogP contribution >= 0.6 is 0 Å². The molecule has 31 heavy (non-hydrogen) atoms. The fourth-order valence-corrected chi connectivity index (χ4v) is 4.14. The Bertz CT molecular complexity index is 1090. The van der Waals surface area contributed by atoms with Gasteiger partial charge in [0.25, 0.3) is 5.91 Å². The molecule has 0 radical (unpaired) electrons. The van der Waals surface area contributed by atoms with Gasteiger partial charge < -0.3 is 9.64 Å². The van der Waals surface area contributed by atoms with Gasteiger partial charge in [0.05, 0.1) is 18.3 Å². The Morgan fingerprint density at radius 3 is 2.81 bits per heavy atom. The van der Waals surface area contributed by atoms with Crippen molar-refractivity contribution in [3.63, 3.8) is 0 Å². The largest absolute Gasteiger partial charge is 0.477 e. The molecule has 0 bridgehead atoms. The zero-order chi connectivity index (χ0) is 21.8. The highest BCUT2D eigenvalue weighted by Crippen LogP contribution is 2.37. The molecule has 0 aromatic carbocycles. The van der Waals surface area contributed by atoms with Crippen LogP contribution in [-0.4, -0.2) is 43.9 Å².